The predicted octanol–water partition coefficient (Wildman–Crippen LogP) is 4.24. The van der Waals surface area contributed by atoms with Crippen molar-refractivity contribution in [2.75, 3.05) is 0 Å². The molecule has 1 aromatic heterocycles. The van der Waals surface area contributed by atoms with E-state index in [1.54, 1.807) is 0 Å². The minimum atomic E-state index is -0.717. The van der Waals surface area contributed by atoms with Crippen LogP contribution in [-0.4, -0.2) is 64.5 Å². The van der Waals surface area contributed by atoms with Crippen molar-refractivity contribution in [3.8, 4) is 39.1 Å². The summed E-state index contributed by atoms with van der Waals surface area (Å²) >= 11 is 0. The van der Waals surface area contributed by atoms with Crippen molar-refractivity contribution in [2.45, 2.75) is 32.6 Å². The van der Waals surface area contributed by atoms with Gasteiger partial charge in [-0.15, -0.1) is 10.9 Å². The Kier molecular flexibility index (Phi) is 8.01. The molecule has 0 N–H and O–H groups in total. The summed E-state index contributed by atoms with van der Waals surface area (Å²) in [6.07, 6.45) is 0.829. The quantitative estimate of drug-likeness (QED) is 0.198. The number of aromatic nitrogens is 2. The minimum absolute atomic E-state index is 0.217. The van der Waals surface area contributed by atoms with E-state index in [4.69, 9.17) is 59.9 Å². The van der Waals surface area contributed by atoms with Crippen molar-refractivity contribution < 1.29 is 0 Å². The summed E-state index contributed by atoms with van der Waals surface area (Å²) in [4.78, 5) is 4.91. The summed E-state index contributed by atoms with van der Waals surface area (Å²) < 4.78 is 2.26. The first-order valence-corrected chi connectivity index (χ1v) is 19.2. The van der Waals surface area contributed by atoms with E-state index in [0.717, 1.165) is 89.1 Å². The van der Waals surface area contributed by atoms with Crippen LogP contribution in [0.5, 0.6) is 0 Å². The lowest BCUT2D eigenvalue weighted by Crippen LogP contribution is -2.51. The monoisotopic (exact) mass is 710 g/mol. The van der Waals surface area contributed by atoms with Crippen LogP contribution in [0.3, 0.4) is 0 Å². The topological polar surface area (TPSA) is 17.8 Å². The number of nitrogens with zero attached hydrogens (tertiary/aromatic N) is 2. The Hall–Kier alpha value is -5.54. The molecule has 9 aromatic rings. The molecule has 8 aromatic carbocycles. The third-order valence-electron chi connectivity index (χ3n) is 12.3. The van der Waals surface area contributed by atoms with Gasteiger partial charge in [0.25, 0.3) is 0 Å². The summed E-state index contributed by atoms with van der Waals surface area (Å²) in [5.74, 6) is 1.03. The maximum absolute atomic E-state index is 7.37. The van der Waals surface area contributed by atoms with Gasteiger partial charge in [-0.3, -0.25) is 4.57 Å². The van der Waals surface area contributed by atoms with Gasteiger partial charge in [0.05, 0.1) is 11.0 Å². The van der Waals surface area contributed by atoms with Gasteiger partial charge in [0.1, 0.15) is 60.7 Å². The molecule has 1 aliphatic carbocycles. The first-order valence-electron chi connectivity index (χ1n) is 19.2. The lowest BCUT2D eigenvalue weighted by molar-refractivity contribution is 0.670. The fourth-order valence-electron chi connectivity index (χ4n) is 9.69. The molecule has 0 spiro atoms. The fraction of sp³-hybridized carbons (Fsp3) is 0.104. The van der Waals surface area contributed by atoms with Crippen LogP contribution < -0.4 is 38.2 Å². The minimum Gasteiger partial charge on any atom is -0.296 e. The molecule has 2 nitrogen and oxygen atoms in total. The molecule has 0 saturated heterocycles. The largest absolute Gasteiger partial charge is 0.296 e. The van der Waals surface area contributed by atoms with Crippen LogP contribution in [0.2, 0.25) is 0 Å². The lowest BCUT2D eigenvalue weighted by Gasteiger charge is -2.30. The summed E-state index contributed by atoms with van der Waals surface area (Å²) in [5.41, 5.74) is 11.5. The van der Waals surface area contributed by atoms with Crippen LogP contribution in [0.1, 0.15) is 37.7 Å². The van der Waals surface area contributed by atoms with E-state index in [1.165, 1.54) is 0 Å². The van der Waals surface area contributed by atoms with Gasteiger partial charge in [0.2, 0.25) is 0 Å². The van der Waals surface area contributed by atoms with Crippen LogP contribution in [-0.2, 0) is 11.8 Å². The number of para-hydroxylation sites is 2. The first kappa shape index (κ1) is 35.8. The van der Waals surface area contributed by atoms with Crippen molar-refractivity contribution in [2.24, 2.45) is 0 Å². The molecule has 1 aliphatic rings. The zero-order chi connectivity index (χ0) is 39.7. The Morgan fingerprint density at radius 2 is 1.00 bits per heavy atom. The van der Waals surface area contributed by atoms with Crippen molar-refractivity contribution in [3.63, 3.8) is 0 Å². The highest BCUT2D eigenvalue weighted by Crippen LogP contribution is 2.48. The summed E-state index contributed by atoms with van der Waals surface area (Å²) in [5, 5.41) is 6.41. The molecule has 0 fully saturated rings. The number of hydrogen-bond donors (Lipinski definition) is 0. The summed E-state index contributed by atoms with van der Waals surface area (Å²) in [6.45, 7) is 6.26. The van der Waals surface area contributed by atoms with Crippen molar-refractivity contribution in [3.05, 3.63) is 126 Å². The molecule has 14 radical (unpaired) electrons. The summed E-state index contributed by atoms with van der Waals surface area (Å²) in [6, 6.07) is 38.5. The van der Waals surface area contributed by atoms with Crippen LogP contribution in [0.25, 0.3) is 82.4 Å². The second-order valence-corrected chi connectivity index (χ2v) is 15.7. The van der Waals surface area contributed by atoms with Gasteiger partial charge in [-0.05, 0) is 107 Å². The molecule has 57 heavy (non-hydrogen) atoms. The van der Waals surface area contributed by atoms with Gasteiger partial charge >= 0.3 is 0 Å². The number of fused-ring (bicyclic) bond motifs is 7. The Balaban J connectivity index is 1.21. The van der Waals surface area contributed by atoms with E-state index in [9.17, 15) is 0 Å². The zero-order valence-electron chi connectivity index (χ0n) is 32.0. The smallest absolute Gasteiger partial charge is 0.115 e. The second kappa shape index (κ2) is 12.7. The van der Waals surface area contributed by atoms with Gasteiger partial charge in [-0.1, -0.05) is 127 Å². The molecule has 0 aliphatic heterocycles. The Morgan fingerprint density at radius 3 is 1.65 bits per heavy atom. The maximum atomic E-state index is 7.37. The molecule has 0 atom stereocenters. The summed E-state index contributed by atoms with van der Waals surface area (Å²) in [7, 11) is 47.7. The van der Waals surface area contributed by atoms with Crippen LogP contribution in [0.4, 0.5) is 0 Å². The van der Waals surface area contributed by atoms with E-state index < -0.39 is 5.41 Å². The molecule has 10 rings (SSSR count). The molecule has 0 saturated carbocycles. The Morgan fingerprint density at radius 1 is 0.491 bits per heavy atom. The second-order valence-electron chi connectivity index (χ2n) is 15.7. The van der Waals surface area contributed by atoms with E-state index in [2.05, 4.69) is 116 Å². The number of hydrogen-bond acceptors (Lipinski definition) is 1. The number of imidazole rings is 1. The highest BCUT2D eigenvalue weighted by molar-refractivity contribution is 6.65. The molecule has 1 heterocycles. The van der Waals surface area contributed by atoms with Crippen LogP contribution in [0.15, 0.2) is 109 Å². The average molecular weight is 709 g/mol. The highest BCUT2D eigenvalue weighted by Gasteiger charge is 2.41. The predicted molar refractivity (Wildman–Crippen MR) is 249 cm³/mol. The molecule has 0 unspecified atom stereocenters. The molecule has 252 valence electrons. The average Bonchev–Trinajstić information content (AvgIpc) is 3.72. The Labute approximate surface area is 342 Å². The third-order valence-corrected chi connectivity index (χ3v) is 12.3. The van der Waals surface area contributed by atoms with Gasteiger partial charge in [0.15, 0.2) is 0 Å². The molecular weight excluding hydrogens is 680 g/mol. The molecule has 0 amide bonds. The Bertz CT molecular complexity index is 3180. The van der Waals surface area contributed by atoms with Crippen molar-refractivity contribution >= 4 is 137 Å². The normalized spacial score (nSPS) is 13.2. The first-order chi connectivity index (χ1) is 27.4. The van der Waals surface area contributed by atoms with Crippen LogP contribution >= 0.6 is 0 Å². The van der Waals surface area contributed by atoms with Gasteiger partial charge in [-0.2, -0.15) is 0 Å². The highest BCUT2D eigenvalue weighted by atomic mass is 15.1. The number of aryl methyl sites for hydroxylation is 1. The van der Waals surface area contributed by atoms with Gasteiger partial charge < -0.3 is 0 Å². The third kappa shape index (κ3) is 4.90. The number of rotatable bonds is 4. The van der Waals surface area contributed by atoms with E-state index in [-0.39, 0.29) is 10.9 Å². The van der Waals surface area contributed by atoms with Crippen LogP contribution in [0, 0.1) is 0 Å². The van der Waals surface area contributed by atoms with Crippen molar-refractivity contribution in [1.29, 1.82) is 0 Å². The SMILES string of the molecule is [B]c1c([B])c([B])c2c(c1[B])-c1c([B])c([B])c(-c3c4ccccc4c(-c4ccc5cc(-n6c(CC)nc7ccccc76)ccc5c4)c4ccccc34)c([B])c1C2(C)C. The van der Waals surface area contributed by atoms with E-state index >= 15 is 0 Å². The zero-order valence-corrected chi connectivity index (χ0v) is 32.0. The van der Waals surface area contributed by atoms with E-state index in [0.29, 0.717) is 44.0 Å². The molecule has 0 bridgehead atoms. The fourth-order valence-corrected chi connectivity index (χ4v) is 9.69. The standard InChI is InChI=1S/C48H29B7N2/c1-4-33-56-31-15-9-10-16-32(31)57(33)26-20-19-23-21-25(18-17-24(23)22-26)34-27-11-5-7-13-29(27)35(30-14-8-6-12-28(30)34)38-41(49)39-36(42(50)44(38)52)37-40(48(39,2)3)45(53)47(55)46(54)43(37)51/h5-22H,4H2,1-3H3. The molecular formula is C48H29B7N2. The maximum Gasteiger partial charge on any atom is 0.115 e. The van der Waals surface area contributed by atoms with Crippen molar-refractivity contribution in [1.82, 2.24) is 9.55 Å². The molecule has 9 heteroatoms. The van der Waals surface area contributed by atoms with E-state index in [1.807, 2.05) is 18.2 Å². The number of benzene rings is 8. The van der Waals surface area contributed by atoms with Gasteiger partial charge in [-0.25, -0.2) is 4.98 Å². The van der Waals surface area contributed by atoms with Gasteiger partial charge in [0, 0.05) is 17.5 Å². The lowest BCUT2D eigenvalue weighted by atomic mass is 9.61.